The van der Waals surface area contributed by atoms with Gasteiger partial charge in [-0.3, -0.25) is 9.69 Å². The summed E-state index contributed by atoms with van der Waals surface area (Å²) in [6, 6.07) is 3.91. The minimum absolute atomic E-state index is 0.0622. The fourth-order valence-corrected chi connectivity index (χ4v) is 4.89. The topological polar surface area (TPSA) is 95.9 Å². The summed E-state index contributed by atoms with van der Waals surface area (Å²) < 4.78 is 27.2. The van der Waals surface area contributed by atoms with Crippen LogP contribution < -0.4 is 4.72 Å². The predicted molar refractivity (Wildman–Crippen MR) is 96.4 cm³/mol. The molecule has 0 spiro atoms. The summed E-state index contributed by atoms with van der Waals surface area (Å²) in [6.07, 6.45) is 1.63. The van der Waals surface area contributed by atoms with Gasteiger partial charge in [0.15, 0.2) is 0 Å². The maximum atomic E-state index is 12.4. The van der Waals surface area contributed by atoms with Gasteiger partial charge in [0.1, 0.15) is 5.25 Å². The van der Waals surface area contributed by atoms with Crippen LogP contribution in [0.1, 0.15) is 5.56 Å². The number of carbonyl (C=O) groups is 2. The second-order valence-electron chi connectivity index (χ2n) is 5.39. The molecule has 3 amide bonds. The number of fused-ring (bicyclic) bond motifs is 1. The van der Waals surface area contributed by atoms with Crippen LogP contribution in [0.15, 0.2) is 39.6 Å². The number of aliphatic imine (C=N–C) groups is 1. The summed E-state index contributed by atoms with van der Waals surface area (Å²) >= 11 is 7.22. The third-order valence-corrected chi connectivity index (χ3v) is 6.83. The van der Waals surface area contributed by atoms with Crippen molar-refractivity contribution in [3.63, 3.8) is 0 Å². The van der Waals surface area contributed by atoms with Gasteiger partial charge in [-0.15, -0.1) is 11.8 Å². The number of allylic oxidation sites excluding steroid dienone is 1. The fraction of sp³-hybridized carbons (Fsp3) is 0.267. The Balaban J connectivity index is 1.68. The van der Waals surface area contributed by atoms with E-state index in [4.69, 9.17) is 11.6 Å². The van der Waals surface area contributed by atoms with Gasteiger partial charge in [-0.05, 0) is 36.1 Å². The van der Waals surface area contributed by atoms with Gasteiger partial charge in [0.25, 0.3) is 0 Å². The summed E-state index contributed by atoms with van der Waals surface area (Å²) in [4.78, 5) is 29.1. The molecule has 0 saturated heterocycles. The first-order chi connectivity index (χ1) is 11.8. The lowest BCUT2D eigenvalue weighted by Crippen LogP contribution is -2.49. The van der Waals surface area contributed by atoms with E-state index in [1.807, 2.05) is 0 Å². The Morgan fingerprint density at radius 2 is 2.12 bits per heavy atom. The first-order valence-electron chi connectivity index (χ1n) is 7.32. The van der Waals surface area contributed by atoms with Crippen molar-refractivity contribution in [2.24, 2.45) is 4.99 Å². The zero-order valence-electron chi connectivity index (χ0n) is 13.1. The molecule has 0 aromatic heterocycles. The number of nitrogens with one attached hydrogen (secondary N) is 1. The number of benzene rings is 1. The maximum absolute atomic E-state index is 12.4. The van der Waals surface area contributed by atoms with Crippen molar-refractivity contribution in [3.05, 3.63) is 40.3 Å². The molecule has 0 bridgehead atoms. The molecule has 10 heteroatoms. The molecule has 2 aliphatic heterocycles. The lowest BCUT2D eigenvalue weighted by Gasteiger charge is -2.26. The molecule has 1 unspecified atom stereocenters. The molecule has 1 N–H and O–H groups in total. The minimum Gasteiger partial charge on any atom is -0.273 e. The van der Waals surface area contributed by atoms with Crippen molar-refractivity contribution in [1.29, 1.82) is 0 Å². The van der Waals surface area contributed by atoms with E-state index in [9.17, 15) is 18.0 Å². The Morgan fingerprint density at radius 3 is 2.88 bits per heavy atom. The first-order valence-corrected chi connectivity index (χ1v) is 10.1. The van der Waals surface area contributed by atoms with E-state index >= 15 is 0 Å². The average Bonchev–Trinajstić information content (AvgIpc) is 3.01. The zero-order chi connectivity index (χ0) is 18.2. The van der Waals surface area contributed by atoms with Crippen molar-refractivity contribution < 1.29 is 18.0 Å². The molecule has 0 radical (unpaired) electrons. The lowest BCUT2D eigenvalue weighted by molar-refractivity contribution is -0.126. The third-order valence-electron chi connectivity index (χ3n) is 3.80. The molecule has 132 valence electrons. The number of amides is 3. The summed E-state index contributed by atoms with van der Waals surface area (Å²) in [5.41, 5.74) is 0.871. The Morgan fingerprint density at radius 1 is 1.36 bits per heavy atom. The summed E-state index contributed by atoms with van der Waals surface area (Å²) in [6.45, 7) is 1.40. The van der Waals surface area contributed by atoms with Crippen molar-refractivity contribution in [2.45, 2.75) is 17.1 Å². The minimum atomic E-state index is -3.80. The predicted octanol–water partition coefficient (Wildman–Crippen LogP) is 1.96. The van der Waals surface area contributed by atoms with Crippen LogP contribution >= 0.6 is 23.4 Å². The molecule has 0 fully saturated rings. The maximum Gasteiger partial charge on any atom is 0.350 e. The molecule has 0 aliphatic carbocycles. The molecular weight excluding hydrogens is 386 g/mol. The van der Waals surface area contributed by atoms with Gasteiger partial charge in [0.2, 0.25) is 15.9 Å². The largest absolute Gasteiger partial charge is 0.350 e. The van der Waals surface area contributed by atoms with Gasteiger partial charge < -0.3 is 0 Å². The molecule has 3 rings (SSSR count). The van der Waals surface area contributed by atoms with Crippen molar-refractivity contribution >= 4 is 51.0 Å². The Hall–Kier alpha value is -1.68. The SMILES string of the molecule is Cc1c(Cl)cccc1S(=O)(=O)NCCN1C(=O)N=C2C=CSC2C1=O. The van der Waals surface area contributed by atoms with E-state index in [0.717, 1.165) is 4.90 Å². The van der Waals surface area contributed by atoms with Gasteiger partial charge in [-0.2, -0.15) is 4.99 Å². The van der Waals surface area contributed by atoms with Gasteiger partial charge in [0, 0.05) is 18.1 Å². The van der Waals surface area contributed by atoms with E-state index in [1.54, 1.807) is 30.5 Å². The van der Waals surface area contributed by atoms with Crippen LogP contribution in [0.25, 0.3) is 0 Å². The van der Waals surface area contributed by atoms with Crippen LogP contribution in [0.3, 0.4) is 0 Å². The number of imide groups is 1. The Kier molecular flexibility index (Phi) is 5.01. The van der Waals surface area contributed by atoms with Crippen molar-refractivity contribution in [3.8, 4) is 0 Å². The second kappa shape index (κ2) is 6.91. The number of halogens is 1. The van der Waals surface area contributed by atoms with E-state index < -0.39 is 21.3 Å². The molecule has 1 atom stereocenters. The summed E-state index contributed by atoms with van der Waals surface area (Å²) in [7, 11) is -3.80. The number of sulfonamides is 1. The molecule has 7 nitrogen and oxygen atoms in total. The van der Waals surface area contributed by atoms with E-state index in [-0.39, 0.29) is 23.9 Å². The number of hydrogen-bond acceptors (Lipinski definition) is 5. The van der Waals surface area contributed by atoms with Crippen LogP contribution in [-0.4, -0.2) is 49.3 Å². The fourth-order valence-electron chi connectivity index (χ4n) is 2.49. The Labute approximate surface area is 154 Å². The monoisotopic (exact) mass is 399 g/mol. The van der Waals surface area contributed by atoms with Crippen LogP contribution in [0.2, 0.25) is 5.02 Å². The highest BCUT2D eigenvalue weighted by Gasteiger charge is 2.38. The van der Waals surface area contributed by atoms with Gasteiger partial charge >= 0.3 is 6.03 Å². The van der Waals surface area contributed by atoms with E-state index in [0.29, 0.717) is 16.3 Å². The quantitative estimate of drug-likeness (QED) is 0.816. The second-order valence-corrected chi connectivity index (χ2v) is 8.55. The van der Waals surface area contributed by atoms with Gasteiger partial charge in [0.05, 0.1) is 10.6 Å². The standard InChI is InChI=1S/C15H14ClN3O4S2/c1-9-10(16)3-2-4-12(9)25(22,23)17-6-7-19-14(20)13-11(5-8-24-13)18-15(19)21/h2-5,8,13,17H,6-7H2,1H3. The summed E-state index contributed by atoms with van der Waals surface area (Å²) in [5.74, 6) is -0.386. The molecule has 2 heterocycles. The Bertz CT molecular complexity index is 911. The molecule has 0 saturated carbocycles. The number of hydrogen-bond donors (Lipinski definition) is 1. The summed E-state index contributed by atoms with van der Waals surface area (Å²) in [5, 5.41) is 1.53. The van der Waals surface area contributed by atoms with Crippen LogP contribution in [0, 0.1) is 6.92 Å². The van der Waals surface area contributed by atoms with Gasteiger partial charge in [-0.1, -0.05) is 17.7 Å². The molecule has 1 aromatic carbocycles. The molecule has 2 aliphatic rings. The van der Waals surface area contributed by atoms with Gasteiger partial charge in [-0.25, -0.2) is 17.9 Å². The van der Waals surface area contributed by atoms with Crippen molar-refractivity contribution in [2.75, 3.05) is 13.1 Å². The molecule has 1 aromatic rings. The third kappa shape index (κ3) is 3.50. The molecular formula is C15H14ClN3O4S2. The average molecular weight is 400 g/mol. The number of nitrogens with zero attached hydrogens (tertiary/aromatic N) is 2. The zero-order valence-corrected chi connectivity index (χ0v) is 15.5. The first kappa shape index (κ1) is 18.1. The smallest absolute Gasteiger partial charge is 0.273 e. The lowest BCUT2D eigenvalue weighted by atomic mass is 10.2. The van der Waals surface area contributed by atoms with Crippen LogP contribution in [0.5, 0.6) is 0 Å². The van der Waals surface area contributed by atoms with E-state index in [2.05, 4.69) is 9.71 Å². The molecule has 25 heavy (non-hydrogen) atoms. The van der Waals surface area contributed by atoms with Crippen LogP contribution in [0.4, 0.5) is 4.79 Å². The number of rotatable bonds is 5. The normalized spacial score (nSPS) is 20.0. The number of urea groups is 1. The number of carbonyl (C=O) groups excluding carboxylic acids is 2. The highest BCUT2D eigenvalue weighted by Crippen LogP contribution is 2.27. The van der Waals surface area contributed by atoms with Crippen molar-refractivity contribution in [1.82, 2.24) is 9.62 Å². The highest BCUT2D eigenvalue weighted by atomic mass is 35.5. The van der Waals surface area contributed by atoms with E-state index in [1.165, 1.54) is 17.8 Å². The highest BCUT2D eigenvalue weighted by molar-refractivity contribution is 8.04. The van der Waals surface area contributed by atoms with Crippen LogP contribution in [-0.2, 0) is 14.8 Å². The number of thioether (sulfide) groups is 1.